The van der Waals surface area contributed by atoms with Gasteiger partial charge in [0.25, 0.3) is 5.89 Å². The van der Waals surface area contributed by atoms with Gasteiger partial charge in [-0.3, -0.25) is 4.79 Å². The molecule has 0 saturated heterocycles. The van der Waals surface area contributed by atoms with Gasteiger partial charge in [0.1, 0.15) is 6.04 Å². The van der Waals surface area contributed by atoms with Gasteiger partial charge in [-0.25, -0.2) is 4.79 Å². The summed E-state index contributed by atoms with van der Waals surface area (Å²) in [6, 6.07) is 16.5. The van der Waals surface area contributed by atoms with Gasteiger partial charge in [-0.1, -0.05) is 87.4 Å². The van der Waals surface area contributed by atoms with E-state index in [1.165, 1.54) is 5.56 Å². The number of benzene rings is 2. The van der Waals surface area contributed by atoms with Crippen LogP contribution in [-0.4, -0.2) is 28.1 Å². The molecule has 0 bridgehead atoms. The molecule has 0 radical (unpaired) electrons. The van der Waals surface area contributed by atoms with Crippen LogP contribution in [0, 0.1) is 5.92 Å². The number of ether oxygens (including phenoxy) is 1. The first-order chi connectivity index (χ1) is 15.3. The quantitative estimate of drug-likeness (QED) is 0.504. The molecular formula is C25H29N3O4. The molecule has 1 unspecified atom stereocenters. The van der Waals surface area contributed by atoms with E-state index < -0.39 is 12.0 Å². The van der Waals surface area contributed by atoms with Crippen LogP contribution in [0.25, 0.3) is 11.4 Å². The van der Waals surface area contributed by atoms with Crippen LogP contribution in [0.15, 0.2) is 59.1 Å². The highest BCUT2D eigenvalue weighted by Gasteiger charge is 2.26. The van der Waals surface area contributed by atoms with E-state index in [2.05, 4.69) is 29.3 Å². The molecule has 1 amide bonds. The maximum atomic E-state index is 12.6. The van der Waals surface area contributed by atoms with Gasteiger partial charge in [-0.2, -0.15) is 4.98 Å². The zero-order chi connectivity index (χ0) is 23.1. The van der Waals surface area contributed by atoms with Gasteiger partial charge in [0.15, 0.2) is 6.61 Å². The number of hydrogen-bond acceptors (Lipinski definition) is 6. The van der Waals surface area contributed by atoms with E-state index in [9.17, 15) is 9.59 Å². The van der Waals surface area contributed by atoms with Crippen LogP contribution in [0.2, 0.25) is 0 Å². The van der Waals surface area contributed by atoms with Crippen LogP contribution in [0.4, 0.5) is 0 Å². The molecular weight excluding hydrogens is 406 g/mol. The summed E-state index contributed by atoms with van der Waals surface area (Å²) in [6.07, 6.45) is 0.194. The normalized spacial score (nSPS) is 12.1. The summed E-state index contributed by atoms with van der Waals surface area (Å²) in [5.74, 6) is 0.146. The van der Waals surface area contributed by atoms with Gasteiger partial charge in [0, 0.05) is 5.56 Å². The lowest BCUT2D eigenvalue weighted by Crippen LogP contribution is -2.45. The highest BCUT2D eigenvalue weighted by atomic mass is 16.6. The highest BCUT2D eigenvalue weighted by Crippen LogP contribution is 2.20. The van der Waals surface area contributed by atoms with Crippen LogP contribution in [0.5, 0.6) is 0 Å². The number of carbonyl (C=O) groups excluding carboxylic acids is 2. The highest BCUT2D eigenvalue weighted by molar-refractivity contribution is 5.85. The number of aromatic nitrogens is 2. The molecule has 32 heavy (non-hydrogen) atoms. The van der Waals surface area contributed by atoms with E-state index in [0.717, 1.165) is 11.1 Å². The van der Waals surface area contributed by atoms with Crippen molar-refractivity contribution in [3.63, 3.8) is 0 Å². The van der Waals surface area contributed by atoms with Gasteiger partial charge >= 0.3 is 5.97 Å². The van der Waals surface area contributed by atoms with E-state index in [-0.39, 0.29) is 30.7 Å². The lowest BCUT2D eigenvalue weighted by Gasteiger charge is -2.20. The maximum Gasteiger partial charge on any atom is 0.329 e. The molecule has 0 aliphatic rings. The Hall–Kier alpha value is -3.48. The van der Waals surface area contributed by atoms with Crippen molar-refractivity contribution in [1.82, 2.24) is 15.5 Å². The Bertz CT molecular complexity index is 1030. The Balaban J connectivity index is 1.56. The SMILES string of the molecule is CC(C)c1ccc(-c2noc(COC(=O)C(NC(=O)Cc3ccccc3)C(C)C)n2)cc1. The topological polar surface area (TPSA) is 94.3 Å². The minimum absolute atomic E-state index is 0.139. The molecule has 1 N–H and O–H groups in total. The van der Waals surface area contributed by atoms with Crippen LogP contribution < -0.4 is 5.32 Å². The van der Waals surface area contributed by atoms with Crippen molar-refractivity contribution in [1.29, 1.82) is 0 Å². The van der Waals surface area contributed by atoms with E-state index in [0.29, 0.717) is 11.7 Å². The molecule has 1 atom stereocenters. The van der Waals surface area contributed by atoms with Crippen LogP contribution in [0.1, 0.15) is 50.6 Å². The van der Waals surface area contributed by atoms with Crippen molar-refractivity contribution in [2.24, 2.45) is 5.92 Å². The third kappa shape index (κ3) is 6.26. The van der Waals surface area contributed by atoms with Gasteiger partial charge in [0.05, 0.1) is 6.42 Å². The molecule has 1 aromatic heterocycles. The summed E-state index contributed by atoms with van der Waals surface area (Å²) < 4.78 is 10.6. The van der Waals surface area contributed by atoms with E-state index >= 15 is 0 Å². The van der Waals surface area contributed by atoms with Crippen molar-refractivity contribution in [3.05, 3.63) is 71.6 Å². The standard InChI is InChI=1S/C25H29N3O4/c1-16(2)19-10-12-20(13-11-19)24-27-22(32-28-24)15-31-25(30)23(17(3)4)26-21(29)14-18-8-6-5-7-9-18/h5-13,16-17,23H,14-15H2,1-4H3,(H,26,29). The molecule has 7 nitrogen and oxygen atoms in total. The first-order valence-electron chi connectivity index (χ1n) is 10.8. The summed E-state index contributed by atoms with van der Waals surface area (Å²) >= 11 is 0. The first-order valence-corrected chi connectivity index (χ1v) is 10.8. The second-order valence-corrected chi connectivity index (χ2v) is 8.35. The Morgan fingerprint density at radius 3 is 2.31 bits per heavy atom. The average Bonchev–Trinajstić information content (AvgIpc) is 3.25. The second-order valence-electron chi connectivity index (χ2n) is 8.35. The average molecular weight is 436 g/mol. The van der Waals surface area contributed by atoms with Crippen molar-refractivity contribution in [2.75, 3.05) is 0 Å². The summed E-state index contributed by atoms with van der Waals surface area (Å²) in [5, 5.41) is 6.73. The summed E-state index contributed by atoms with van der Waals surface area (Å²) in [5.41, 5.74) is 2.92. The van der Waals surface area contributed by atoms with Crippen LogP contribution in [-0.2, 0) is 27.4 Å². The maximum absolute atomic E-state index is 12.6. The molecule has 0 saturated carbocycles. The molecule has 0 aliphatic heterocycles. The van der Waals surface area contributed by atoms with Gasteiger partial charge in [-0.05, 0) is 23.0 Å². The number of hydrogen-bond donors (Lipinski definition) is 1. The van der Waals surface area contributed by atoms with Gasteiger partial charge in [-0.15, -0.1) is 0 Å². The number of carbonyl (C=O) groups is 2. The zero-order valence-electron chi connectivity index (χ0n) is 18.9. The molecule has 3 aromatic rings. The third-order valence-electron chi connectivity index (χ3n) is 5.09. The summed E-state index contributed by atoms with van der Waals surface area (Å²) in [4.78, 5) is 29.3. The van der Waals surface area contributed by atoms with Crippen LogP contribution in [0.3, 0.4) is 0 Å². The minimum Gasteiger partial charge on any atom is -0.454 e. The molecule has 0 spiro atoms. The fraction of sp³-hybridized carbons (Fsp3) is 0.360. The number of nitrogens with zero attached hydrogens (tertiary/aromatic N) is 2. The summed E-state index contributed by atoms with van der Waals surface area (Å²) in [7, 11) is 0. The molecule has 168 valence electrons. The molecule has 1 heterocycles. The molecule has 7 heteroatoms. The van der Waals surface area contributed by atoms with Crippen LogP contribution >= 0.6 is 0 Å². The monoisotopic (exact) mass is 435 g/mol. The molecule has 0 fully saturated rings. The first kappa shape index (κ1) is 23.2. The number of amides is 1. The number of nitrogens with one attached hydrogen (secondary N) is 1. The van der Waals surface area contributed by atoms with Crippen molar-refractivity contribution < 1.29 is 18.8 Å². The van der Waals surface area contributed by atoms with E-state index in [4.69, 9.17) is 9.26 Å². The van der Waals surface area contributed by atoms with Crippen molar-refractivity contribution in [3.8, 4) is 11.4 Å². The van der Waals surface area contributed by atoms with E-state index in [1.807, 2.05) is 68.4 Å². The third-order valence-corrected chi connectivity index (χ3v) is 5.09. The lowest BCUT2D eigenvalue weighted by molar-refractivity contribution is -0.151. The predicted octanol–water partition coefficient (Wildman–Crippen LogP) is 4.29. The Kier molecular flexibility index (Phi) is 7.76. The van der Waals surface area contributed by atoms with Gasteiger partial charge in [0.2, 0.25) is 11.7 Å². The molecule has 3 rings (SSSR count). The Morgan fingerprint density at radius 1 is 1.00 bits per heavy atom. The summed E-state index contributed by atoms with van der Waals surface area (Å²) in [6.45, 7) is 7.79. The smallest absolute Gasteiger partial charge is 0.329 e. The largest absolute Gasteiger partial charge is 0.454 e. The zero-order valence-corrected chi connectivity index (χ0v) is 18.9. The fourth-order valence-corrected chi connectivity index (χ4v) is 3.17. The van der Waals surface area contributed by atoms with Gasteiger partial charge < -0.3 is 14.6 Å². The molecule has 0 aliphatic carbocycles. The van der Waals surface area contributed by atoms with E-state index in [1.54, 1.807) is 0 Å². The van der Waals surface area contributed by atoms with Crippen molar-refractivity contribution in [2.45, 2.75) is 52.7 Å². The van der Waals surface area contributed by atoms with Crippen molar-refractivity contribution >= 4 is 11.9 Å². The lowest BCUT2D eigenvalue weighted by atomic mass is 10.0. The second kappa shape index (κ2) is 10.7. The minimum atomic E-state index is -0.766. The number of esters is 1. The fourth-order valence-electron chi connectivity index (χ4n) is 3.17. The Labute approximate surface area is 188 Å². The number of rotatable bonds is 9. The molecule has 2 aromatic carbocycles. The Morgan fingerprint density at radius 2 is 1.69 bits per heavy atom. The predicted molar refractivity (Wildman–Crippen MR) is 121 cm³/mol.